The molecule has 3 aliphatic rings. The van der Waals surface area contributed by atoms with Crippen LogP contribution in [0.15, 0.2) is 16.8 Å². The van der Waals surface area contributed by atoms with Crippen molar-refractivity contribution in [2.24, 2.45) is 5.92 Å². The number of nitrogens with zero attached hydrogens (tertiary/aromatic N) is 1. The van der Waals surface area contributed by atoms with Gasteiger partial charge in [0.15, 0.2) is 0 Å². The Morgan fingerprint density at radius 1 is 1.22 bits per heavy atom. The lowest BCUT2D eigenvalue weighted by Gasteiger charge is -2.53. The molecule has 0 N–H and O–H groups in total. The summed E-state index contributed by atoms with van der Waals surface area (Å²) in [7, 11) is 0. The predicted octanol–water partition coefficient (Wildman–Crippen LogP) is 2.92. The van der Waals surface area contributed by atoms with Crippen LogP contribution in [0.5, 0.6) is 0 Å². The maximum atomic E-state index is 6.24. The highest BCUT2D eigenvalue weighted by atomic mass is 32.1. The van der Waals surface area contributed by atoms with Crippen molar-refractivity contribution in [3.8, 4) is 0 Å². The van der Waals surface area contributed by atoms with Gasteiger partial charge in [-0.25, -0.2) is 0 Å². The first-order chi connectivity index (χ1) is 11.3. The molecule has 0 aromatic carbocycles. The van der Waals surface area contributed by atoms with E-state index in [1.165, 1.54) is 5.56 Å². The highest BCUT2D eigenvalue weighted by molar-refractivity contribution is 7.07. The molecule has 0 saturated carbocycles. The fraction of sp³-hybridized carbons (Fsp3) is 0.778. The molecule has 4 nitrogen and oxygen atoms in total. The lowest BCUT2D eigenvalue weighted by molar-refractivity contribution is -0.201. The summed E-state index contributed by atoms with van der Waals surface area (Å²) < 4.78 is 17.8. The van der Waals surface area contributed by atoms with Crippen molar-refractivity contribution in [1.29, 1.82) is 0 Å². The maximum absolute atomic E-state index is 6.24. The molecule has 4 heterocycles. The van der Waals surface area contributed by atoms with Crippen LogP contribution in [0, 0.1) is 5.92 Å². The molecule has 4 rings (SSSR count). The van der Waals surface area contributed by atoms with Crippen molar-refractivity contribution in [1.82, 2.24) is 4.90 Å². The van der Waals surface area contributed by atoms with E-state index in [0.29, 0.717) is 12.0 Å². The predicted molar refractivity (Wildman–Crippen MR) is 90.8 cm³/mol. The molecule has 128 valence electrons. The minimum atomic E-state index is 0.0641. The van der Waals surface area contributed by atoms with Gasteiger partial charge in [-0.15, -0.1) is 0 Å². The standard InChI is InChI=1S/C18H27NO3S/c1-5-20-6-2-15(1)11-21-17-3-7-22-18(9-17)13-19(14-18)10-16-4-8-23-12-16/h4,8,12,15,17H,1-3,5-7,9-11,13-14H2. The third kappa shape index (κ3) is 3.97. The summed E-state index contributed by atoms with van der Waals surface area (Å²) in [5, 5.41) is 4.40. The van der Waals surface area contributed by atoms with Crippen LogP contribution >= 0.6 is 11.3 Å². The Morgan fingerprint density at radius 2 is 2.09 bits per heavy atom. The van der Waals surface area contributed by atoms with E-state index in [1.54, 1.807) is 11.3 Å². The van der Waals surface area contributed by atoms with Gasteiger partial charge in [0.1, 0.15) is 0 Å². The highest BCUT2D eigenvalue weighted by Gasteiger charge is 2.47. The van der Waals surface area contributed by atoms with Crippen molar-refractivity contribution in [2.75, 3.05) is 39.5 Å². The first kappa shape index (κ1) is 16.0. The van der Waals surface area contributed by atoms with Gasteiger partial charge in [0.25, 0.3) is 0 Å². The number of likely N-dealkylation sites (tertiary alicyclic amines) is 1. The molecule has 0 aliphatic carbocycles. The van der Waals surface area contributed by atoms with Crippen molar-refractivity contribution in [2.45, 2.75) is 43.9 Å². The summed E-state index contributed by atoms with van der Waals surface area (Å²) in [5.74, 6) is 0.694. The fourth-order valence-electron chi connectivity index (χ4n) is 4.05. The SMILES string of the molecule is c1cc(CN2CC3(CC(OCC4CCOCC4)CCO3)C2)cs1. The zero-order chi connectivity index (χ0) is 15.5. The summed E-state index contributed by atoms with van der Waals surface area (Å²) in [6.45, 7) is 6.74. The van der Waals surface area contributed by atoms with Crippen LogP contribution in [0.25, 0.3) is 0 Å². The van der Waals surface area contributed by atoms with Crippen LogP contribution in [0.1, 0.15) is 31.2 Å². The van der Waals surface area contributed by atoms with Gasteiger partial charge in [-0.3, -0.25) is 4.90 Å². The van der Waals surface area contributed by atoms with Crippen molar-refractivity contribution < 1.29 is 14.2 Å². The Balaban J connectivity index is 1.22. The van der Waals surface area contributed by atoms with Gasteiger partial charge < -0.3 is 14.2 Å². The minimum absolute atomic E-state index is 0.0641. The Morgan fingerprint density at radius 3 is 2.87 bits per heavy atom. The molecule has 0 amide bonds. The number of rotatable bonds is 5. The average Bonchev–Trinajstić information content (AvgIpc) is 3.06. The van der Waals surface area contributed by atoms with E-state index in [9.17, 15) is 0 Å². The molecule has 0 radical (unpaired) electrons. The smallest absolute Gasteiger partial charge is 0.0959 e. The molecule has 3 fully saturated rings. The Labute approximate surface area is 142 Å². The normalized spacial score (nSPS) is 28.8. The molecule has 3 saturated heterocycles. The van der Waals surface area contributed by atoms with Crippen LogP contribution in [-0.2, 0) is 20.8 Å². The number of ether oxygens (including phenoxy) is 3. The summed E-state index contributed by atoms with van der Waals surface area (Å²) in [5.41, 5.74) is 1.49. The quantitative estimate of drug-likeness (QED) is 0.827. The van der Waals surface area contributed by atoms with E-state index in [1.807, 2.05) is 0 Å². The number of thiophene rings is 1. The molecule has 1 atom stereocenters. The second-order valence-corrected chi connectivity index (χ2v) is 8.09. The van der Waals surface area contributed by atoms with Gasteiger partial charge >= 0.3 is 0 Å². The first-order valence-corrected chi connectivity index (χ1v) is 9.82. The number of hydrogen-bond donors (Lipinski definition) is 0. The second-order valence-electron chi connectivity index (χ2n) is 7.31. The average molecular weight is 337 g/mol. The van der Waals surface area contributed by atoms with Gasteiger partial charge in [0.2, 0.25) is 0 Å². The Kier molecular flexibility index (Phi) is 5.02. The van der Waals surface area contributed by atoms with E-state index in [2.05, 4.69) is 21.7 Å². The van der Waals surface area contributed by atoms with Crippen LogP contribution in [-0.4, -0.2) is 56.1 Å². The number of hydrogen-bond acceptors (Lipinski definition) is 5. The molecule has 1 aromatic rings. The monoisotopic (exact) mass is 337 g/mol. The van der Waals surface area contributed by atoms with Crippen molar-refractivity contribution in [3.05, 3.63) is 22.4 Å². The van der Waals surface area contributed by atoms with Gasteiger partial charge in [-0.1, -0.05) is 0 Å². The molecule has 1 spiro atoms. The Bertz CT molecular complexity index is 480. The molecule has 5 heteroatoms. The highest BCUT2D eigenvalue weighted by Crippen LogP contribution is 2.36. The lowest BCUT2D eigenvalue weighted by Crippen LogP contribution is -2.65. The third-order valence-electron chi connectivity index (χ3n) is 5.37. The molecule has 1 unspecified atom stereocenters. The summed E-state index contributed by atoms with van der Waals surface area (Å²) in [6.07, 6.45) is 4.81. The largest absolute Gasteiger partial charge is 0.381 e. The summed E-state index contributed by atoms with van der Waals surface area (Å²) >= 11 is 1.78. The minimum Gasteiger partial charge on any atom is -0.381 e. The van der Waals surface area contributed by atoms with Crippen LogP contribution < -0.4 is 0 Å². The zero-order valence-electron chi connectivity index (χ0n) is 13.7. The maximum Gasteiger partial charge on any atom is 0.0959 e. The van der Waals surface area contributed by atoms with Gasteiger partial charge in [0, 0.05) is 52.5 Å². The van der Waals surface area contributed by atoms with E-state index in [0.717, 1.165) is 71.7 Å². The zero-order valence-corrected chi connectivity index (χ0v) is 14.6. The summed E-state index contributed by atoms with van der Waals surface area (Å²) in [4.78, 5) is 2.49. The lowest BCUT2D eigenvalue weighted by atomic mass is 9.84. The van der Waals surface area contributed by atoms with E-state index in [-0.39, 0.29) is 5.60 Å². The Hall–Kier alpha value is -0.460. The van der Waals surface area contributed by atoms with Crippen molar-refractivity contribution in [3.63, 3.8) is 0 Å². The third-order valence-corrected chi connectivity index (χ3v) is 6.10. The van der Waals surface area contributed by atoms with E-state index >= 15 is 0 Å². The van der Waals surface area contributed by atoms with Crippen LogP contribution in [0.2, 0.25) is 0 Å². The van der Waals surface area contributed by atoms with Crippen LogP contribution in [0.4, 0.5) is 0 Å². The molecule has 23 heavy (non-hydrogen) atoms. The van der Waals surface area contributed by atoms with Crippen LogP contribution in [0.3, 0.4) is 0 Å². The van der Waals surface area contributed by atoms with Crippen molar-refractivity contribution >= 4 is 11.3 Å². The second kappa shape index (κ2) is 7.19. The molecule has 0 bridgehead atoms. The molecule has 3 aliphatic heterocycles. The molecular weight excluding hydrogens is 310 g/mol. The molecule has 1 aromatic heterocycles. The van der Waals surface area contributed by atoms with E-state index in [4.69, 9.17) is 14.2 Å². The van der Waals surface area contributed by atoms with Gasteiger partial charge in [-0.2, -0.15) is 11.3 Å². The first-order valence-electron chi connectivity index (χ1n) is 8.88. The van der Waals surface area contributed by atoms with Gasteiger partial charge in [-0.05, 0) is 47.6 Å². The van der Waals surface area contributed by atoms with E-state index < -0.39 is 0 Å². The topological polar surface area (TPSA) is 30.9 Å². The summed E-state index contributed by atoms with van der Waals surface area (Å²) in [6, 6.07) is 2.22. The molecular formula is C18H27NO3S. The van der Waals surface area contributed by atoms with Gasteiger partial charge in [0.05, 0.1) is 11.7 Å². The fourth-order valence-corrected chi connectivity index (χ4v) is 4.71.